The molecule has 0 aromatic rings. The quantitative estimate of drug-likeness (QED) is 0.578. The van der Waals surface area contributed by atoms with Gasteiger partial charge in [0, 0.05) is 6.54 Å². The van der Waals surface area contributed by atoms with Crippen molar-refractivity contribution in [3.8, 4) is 0 Å². The number of hydrogen-bond donors (Lipinski definition) is 1. The maximum absolute atomic E-state index is 6.07. The molecule has 0 heterocycles. The molecular formula is C14H31NO. The van der Waals surface area contributed by atoms with Gasteiger partial charge in [-0.1, -0.05) is 46.5 Å². The van der Waals surface area contributed by atoms with Crippen molar-refractivity contribution < 1.29 is 4.74 Å². The Morgan fingerprint density at radius 2 is 1.75 bits per heavy atom. The Kier molecular flexibility index (Phi) is 10.0. The van der Waals surface area contributed by atoms with Crippen LogP contribution in [0.3, 0.4) is 0 Å². The Morgan fingerprint density at radius 1 is 1.06 bits per heavy atom. The molecule has 0 rings (SSSR count). The van der Waals surface area contributed by atoms with Gasteiger partial charge in [-0.25, -0.2) is 0 Å². The van der Waals surface area contributed by atoms with E-state index in [0.717, 1.165) is 6.54 Å². The van der Waals surface area contributed by atoms with Crippen LogP contribution in [0.4, 0.5) is 0 Å². The van der Waals surface area contributed by atoms with Crippen LogP contribution in [-0.4, -0.2) is 25.8 Å². The normalized spacial score (nSPS) is 15.4. The Labute approximate surface area is 102 Å². The highest BCUT2D eigenvalue weighted by atomic mass is 16.5. The lowest BCUT2D eigenvalue weighted by Crippen LogP contribution is -2.34. The zero-order chi connectivity index (χ0) is 12.4. The summed E-state index contributed by atoms with van der Waals surface area (Å²) in [5.41, 5.74) is 0. The minimum atomic E-state index is 0.353. The smallest absolute Gasteiger partial charge is 0.0725 e. The van der Waals surface area contributed by atoms with Crippen molar-refractivity contribution in [2.24, 2.45) is 5.92 Å². The van der Waals surface area contributed by atoms with Crippen LogP contribution in [0.5, 0.6) is 0 Å². The van der Waals surface area contributed by atoms with Crippen molar-refractivity contribution >= 4 is 0 Å². The molecule has 2 heteroatoms. The molecule has 0 aromatic carbocycles. The summed E-state index contributed by atoms with van der Waals surface area (Å²) in [6.07, 6.45) is 7.28. The first kappa shape index (κ1) is 15.9. The molecule has 0 fully saturated rings. The minimum Gasteiger partial charge on any atom is -0.374 e. The monoisotopic (exact) mass is 229 g/mol. The van der Waals surface area contributed by atoms with Crippen LogP contribution >= 0.6 is 0 Å². The van der Waals surface area contributed by atoms with Crippen LogP contribution in [0, 0.1) is 5.92 Å². The predicted octanol–water partition coefficient (Wildman–Crippen LogP) is 3.61. The summed E-state index contributed by atoms with van der Waals surface area (Å²) >= 11 is 0. The molecule has 0 aliphatic heterocycles. The Hall–Kier alpha value is -0.0800. The third-order valence-electron chi connectivity index (χ3n) is 3.02. The van der Waals surface area contributed by atoms with Gasteiger partial charge in [0.1, 0.15) is 0 Å². The molecule has 2 nitrogen and oxygen atoms in total. The fourth-order valence-corrected chi connectivity index (χ4v) is 1.87. The highest BCUT2D eigenvalue weighted by molar-refractivity contribution is 4.66. The summed E-state index contributed by atoms with van der Waals surface area (Å²) in [5, 5.41) is 3.21. The maximum Gasteiger partial charge on any atom is 0.0725 e. The van der Waals surface area contributed by atoms with Crippen molar-refractivity contribution in [2.45, 2.75) is 72.0 Å². The lowest BCUT2D eigenvalue weighted by molar-refractivity contribution is -0.0290. The van der Waals surface area contributed by atoms with E-state index >= 15 is 0 Å². The Balaban J connectivity index is 3.68. The fraction of sp³-hybridized carbons (Fsp3) is 1.00. The van der Waals surface area contributed by atoms with Crippen molar-refractivity contribution in [3.63, 3.8) is 0 Å². The summed E-state index contributed by atoms with van der Waals surface area (Å²) in [5.74, 6) is 0.588. The van der Waals surface area contributed by atoms with E-state index in [2.05, 4.69) is 33.0 Å². The first-order valence-electron chi connectivity index (χ1n) is 6.91. The second kappa shape index (κ2) is 10.1. The lowest BCUT2D eigenvalue weighted by Gasteiger charge is -2.25. The van der Waals surface area contributed by atoms with Gasteiger partial charge in [0.15, 0.2) is 0 Å². The van der Waals surface area contributed by atoms with E-state index in [-0.39, 0.29) is 0 Å². The molecule has 0 bridgehead atoms. The third-order valence-corrected chi connectivity index (χ3v) is 3.02. The van der Waals surface area contributed by atoms with E-state index in [1.54, 1.807) is 0 Å². The SMILES string of the molecule is CCCCCCC(C)OC(CNC)C(C)C. The van der Waals surface area contributed by atoms with Gasteiger partial charge in [-0.2, -0.15) is 0 Å². The molecule has 1 N–H and O–H groups in total. The summed E-state index contributed by atoms with van der Waals surface area (Å²) in [7, 11) is 1.99. The van der Waals surface area contributed by atoms with Crippen LogP contribution < -0.4 is 5.32 Å². The first-order valence-corrected chi connectivity index (χ1v) is 6.91. The summed E-state index contributed by atoms with van der Waals surface area (Å²) < 4.78 is 6.07. The number of rotatable bonds is 10. The zero-order valence-corrected chi connectivity index (χ0v) is 11.9. The van der Waals surface area contributed by atoms with E-state index in [4.69, 9.17) is 4.74 Å². The van der Waals surface area contributed by atoms with E-state index in [1.165, 1.54) is 32.1 Å². The van der Waals surface area contributed by atoms with Crippen molar-refractivity contribution in [3.05, 3.63) is 0 Å². The molecule has 0 aliphatic carbocycles. The van der Waals surface area contributed by atoms with Gasteiger partial charge in [-0.15, -0.1) is 0 Å². The molecule has 2 atom stereocenters. The van der Waals surface area contributed by atoms with E-state index in [9.17, 15) is 0 Å². The molecule has 0 saturated carbocycles. The molecule has 0 radical (unpaired) electrons. The van der Waals surface area contributed by atoms with Gasteiger partial charge in [0.25, 0.3) is 0 Å². The van der Waals surface area contributed by atoms with Gasteiger partial charge in [0.05, 0.1) is 12.2 Å². The van der Waals surface area contributed by atoms with E-state index in [0.29, 0.717) is 18.1 Å². The molecular weight excluding hydrogens is 198 g/mol. The summed E-state index contributed by atoms with van der Waals surface area (Å²) in [4.78, 5) is 0. The maximum atomic E-state index is 6.07. The van der Waals surface area contributed by atoms with E-state index in [1.807, 2.05) is 7.05 Å². The fourth-order valence-electron chi connectivity index (χ4n) is 1.87. The van der Waals surface area contributed by atoms with Crippen LogP contribution in [0.1, 0.15) is 59.8 Å². The molecule has 0 spiro atoms. The van der Waals surface area contributed by atoms with Crippen LogP contribution in [0.2, 0.25) is 0 Å². The zero-order valence-electron chi connectivity index (χ0n) is 11.9. The number of hydrogen-bond acceptors (Lipinski definition) is 2. The molecule has 2 unspecified atom stereocenters. The average molecular weight is 229 g/mol. The van der Waals surface area contributed by atoms with Crippen molar-refractivity contribution in [2.75, 3.05) is 13.6 Å². The van der Waals surface area contributed by atoms with E-state index < -0.39 is 0 Å². The largest absolute Gasteiger partial charge is 0.374 e. The number of ether oxygens (including phenoxy) is 1. The van der Waals surface area contributed by atoms with Crippen LogP contribution in [0.25, 0.3) is 0 Å². The minimum absolute atomic E-state index is 0.353. The molecule has 0 aliphatic rings. The molecule has 16 heavy (non-hydrogen) atoms. The summed E-state index contributed by atoms with van der Waals surface area (Å²) in [6.45, 7) is 9.87. The molecule has 0 amide bonds. The second-order valence-electron chi connectivity index (χ2n) is 5.14. The van der Waals surface area contributed by atoms with Crippen LogP contribution in [0.15, 0.2) is 0 Å². The highest BCUT2D eigenvalue weighted by Crippen LogP contribution is 2.13. The van der Waals surface area contributed by atoms with Crippen LogP contribution in [-0.2, 0) is 4.74 Å². The van der Waals surface area contributed by atoms with Gasteiger partial charge in [-0.3, -0.25) is 0 Å². The predicted molar refractivity (Wildman–Crippen MR) is 71.9 cm³/mol. The van der Waals surface area contributed by atoms with Gasteiger partial charge >= 0.3 is 0 Å². The topological polar surface area (TPSA) is 21.3 Å². The highest BCUT2D eigenvalue weighted by Gasteiger charge is 2.15. The first-order chi connectivity index (χ1) is 7.61. The standard InChI is InChI=1S/C14H31NO/c1-6-7-8-9-10-13(4)16-14(11-15-5)12(2)3/h12-15H,6-11H2,1-5H3. The van der Waals surface area contributed by atoms with Crippen molar-refractivity contribution in [1.82, 2.24) is 5.32 Å². The number of likely N-dealkylation sites (N-methyl/N-ethyl adjacent to an activating group) is 1. The second-order valence-corrected chi connectivity index (χ2v) is 5.14. The molecule has 98 valence electrons. The summed E-state index contributed by atoms with van der Waals surface area (Å²) in [6, 6.07) is 0. The van der Waals surface area contributed by atoms with Gasteiger partial charge in [-0.05, 0) is 26.3 Å². The Bertz CT molecular complexity index is 148. The lowest BCUT2D eigenvalue weighted by atomic mass is 10.1. The third kappa shape index (κ3) is 8.12. The van der Waals surface area contributed by atoms with Gasteiger partial charge in [0.2, 0.25) is 0 Å². The molecule has 0 saturated heterocycles. The number of nitrogens with one attached hydrogen (secondary N) is 1. The van der Waals surface area contributed by atoms with Crippen molar-refractivity contribution in [1.29, 1.82) is 0 Å². The molecule has 0 aromatic heterocycles. The number of unbranched alkanes of at least 4 members (excludes halogenated alkanes) is 3. The average Bonchev–Trinajstić information content (AvgIpc) is 2.23. The Morgan fingerprint density at radius 3 is 2.25 bits per heavy atom. The van der Waals surface area contributed by atoms with Gasteiger partial charge < -0.3 is 10.1 Å².